The molecule has 1 saturated heterocycles. The van der Waals surface area contributed by atoms with Crippen LogP contribution in [0, 0.1) is 18.3 Å². The van der Waals surface area contributed by atoms with Gasteiger partial charge in [-0.3, -0.25) is 14.4 Å². The van der Waals surface area contributed by atoms with Gasteiger partial charge >= 0.3 is 0 Å². The maximum atomic E-state index is 12.7. The lowest BCUT2D eigenvalue weighted by atomic mass is 10.0. The smallest absolute Gasteiger partial charge is 0.271 e. The van der Waals surface area contributed by atoms with E-state index in [-0.39, 0.29) is 34.6 Å². The molecule has 0 amide bonds. The van der Waals surface area contributed by atoms with Crippen LogP contribution in [0.5, 0.6) is 11.6 Å². The van der Waals surface area contributed by atoms with E-state index in [1.807, 2.05) is 6.07 Å². The van der Waals surface area contributed by atoms with E-state index in [0.29, 0.717) is 11.4 Å². The number of benzene rings is 1. The van der Waals surface area contributed by atoms with Gasteiger partial charge in [-0.15, -0.1) is 0 Å². The van der Waals surface area contributed by atoms with Crippen molar-refractivity contribution < 1.29 is 18.3 Å². The average Bonchev–Trinajstić information content (AvgIpc) is 3.01. The molecule has 1 aliphatic heterocycles. The van der Waals surface area contributed by atoms with Crippen LogP contribution in [0.15, 0.2) is 34.1 Å². The summed E-state index contributed by atoms with van der Waals surface area (Å²) in [6.07, 6.45) is 1.57. The van der Waals surface area contributed by atoms with E-state index >= 15 is 0 Å². The van der Waals surface area contributed by atoms with Crippen molar-refractivity contribution in [2.45, 2.75) is 19.4 Å². The number of ether oxygens (including phenoxy) is 1. The predicted octanol–water partition coefficient (Wildman–Crippen LogP) is 1.85. The number of aromatic hydroxyl groups is 1. The van der Waals surface area contributed by atoms with Crippen LogP contribution in [0.3, 0.4) is 0 Å². The Kier molecular flexibility index (Phi) is 5.25. The molecule has 2 aromatic rings. The summed E-state index contributed by atoms with van der Waals surface area (Å²) in [5.41, 5.74) is 0.196. The number of nitriles is 1. The van der Waals surface area contributed by atoms with E-state index in [2.05, 4.69) is 4.99 Å². The average molecular weight is 401 g/mol. The quantitative estimate of drug-likeness (QED) is 0.780. The first kappa shape index (κ1) is 19.6. The van der Waals surface area contributed by atoms with Crippen LogP contribution in [0.25, 0.3) is 0 Å². The Labute approximate surface area is 162 Å². The van der Waals surface area contributed by atoms with Crippen molar-refractivity contribution in [1.82, 2.24) is 4.57 Å². The first-order chi connectivity index (χ1) is 13.3. The normalized spacial score (nSPS) is 18.2. The number of hydrogen-bond donors (Lipinski definition) is 1. The van der Waals surface area contributed by atoms with Crippen molar-refractivity contribution >= 4 is 21.7 Å². The Bertz CT molecular complexity index is 1160. The van der Waals surface area contributed by atoms with Gasteiger partial charge in [0.1, 0.15) is 17.4 Å². The highest BCUT2D eigenvalue weighted by Crippen LogP contribution is 2.30. The first-order valence-electron chi connectivity index (χ1n) is 8.54. The van der Waals surface area contributed by atoms with Gasteiger partial charge in [0, 0.05) is 12.3 Å². The van der Waals surface area contributed by atoms with Crippen LogP contribution in [0.1, 0.15) is 29.2 Å². The van der Waals surface area contributed by atoms with Gasteiger partial charge in [-0.05, 0) is 31.0 Å². The van der Waals surface area contributed by atoms with E-state index in [1.54, 1.807) is 31.2 Å². The lowest BCUT2D eigenvalue weighted by Gasteiger charge is -2.18. The standard InChI is InChI=1S/C19H19N3O5S/c1-12-16(9-20)18(23)22(14-6-7-28(25,26)11-14)19(24)17(12)10-21-13-4-3-5-15(8-13)27-2/h3-5,8,10,14,24H,6-7,11H2,1-2H3. The second-order valence-corrected chi connectivity index (χ2v) is 8.77. The molecular formula is C19H19N3O5S. The molecule has 1 aromatic carbocycles. The Morgan fingerprint density at radius 1 is 1.43 bits per heavy atom. The van der Waals surface area contributed by atoms with Crippen LogP contribution >= 0.6 is 0 Å². The van der Waals surface area contributed by atoms with Gasteiger partial charge in [0.15, 0.2) is 9.84 Å². The number of hydrogen-bond acceptors (Lipinski definition) is 7. The number of pyridine rings is 1. The molecule has 1 aromatic heterocycles. The third kappa shape index (κ3) is 3.64. The third-order valence-electron chi connectivity index (χ3n) is 4.76. The fraction of sp³-hybridized carbons (Fsp3) is 0.316. The second-order valence-electron chi connectivity index (χ2n) is 6.54. The van der Waals surface area contributed by atoms with Crippen LogP contribution in [-0.2, 0) is 9.84 Å². The summed E-state index contributed by atoms with van der Waals surface area (Å²) in [6.45, 7) is 1.54. The Balaban J connectivity index is 2.13. The van der Waals surface area contributed by atoms with Crippen molar-refractivity contribution in [3.05, 3.63) is 51.3 Å². The molecule has 9 heteroatoms. The van der Waals surface area contributed by atoms with E-state index in [1.165, 1.54) is 13.3 Å². The monoisotopic (exact) mass is 401 g/mol. The maximum Gasteiger partial charge on any atom is 0.271 e. The molecule has 1 fully saturated rings. The van der Waals surface area contributed by atoms with Crippen molar-refractivity contribution in [2.24, 2.45) is 4.99 Å². The zero-order valence-corrected chi connectivity index (χ0v) is 16.2. The molecule has 28 heavy (non-hydrogen) atoms. The SMILES string of the molecule is COc1cccc(N=Cc2c(C)c(C#N)c(=O)n(C3CCS(=O)(=O)C3)c2O)c1. The molecule has 0 radical (unpaired) electrons. The maximum absolute atomic E-state index is 12.7. The molecule has 1 N–H and O–H groups in total. The zero-order chi connectivity index (χ0) is 20.5. The van der Waals surface area contributed by atoms with Crippen molar-refractivity contribution in [2.75, 3.05) is 18.6 Å². The van der Waals surface area contributed by atoms with Crippen LogP contribution < -0.4 is 10.3 Å². The highest BCUT2D eigenvalue weighted by atomic mass is 32.2. The minimum absolute atomic E-state index is 0.0630. The van der Waals surface area contributed by atoms with E-state index in [4.69, 9.17) is 4.74 Å². The largest absolute Gasteiger partial charge is 0.497 e. The first-order valence-corrected chi connectivity index (χ1v) is 10.4. The summed E-state index contributed by atoms with van der Waals surface area (Å²) in [7, 11) is -1.75. The van der Waals surface area contributed by atoms with Crippen LogP contribution in [-0.4, -0.2) is 42.9 Å². The van der Waals surface area contributed by atoms with Crippen molar-refractivity contribution in [3.63, 3.8) is 0 Å². The Hall–Kier alpha value is -3.12. The zero-order valence-electron chi connectivity index (χ0n) is 15.4. The van der Waals surface area contributed by atoms with E-state index in [9.17, 15) is 23.6 Å². The van der Waals surface area contributed by atoms with Gasteiger partial charge in [-0.25, -0.2) is 8.42 Å². The van der Waals surface area contributed by atoms with Crippen molar-refractivity contribution in [3.8, 4) is 17.7 Å². The lowest BCUT2D eigenvalue weighted by molar-refractivity contribution is 0.379. The summed E-state index contributed by atoms with van der Waals surface area (Å²) >= 11 is 0. The molecule has 0 spiro atoms. The Morgan fingerprint density at radius 3 is 2.79 bits per heavy atom. The topological polar surface area (TPSA) is 122 Å². The molecule has 146 valence electrons. The Morgan fingerprint density at radius 2 is 2.18 bits per heavy atom. The summed E-state index contributed by atoms with van der Waals surface area (Å²) < 4.78 is 29.8. The highest BCUT2D eigenvalue weighted by Gasteiger charge is 2.33. The van der Waals surface area contributed by atoms with Gasteiger partial charge in [0.25, 0.3) is 5.56 Å². The number of methoxy groups -OCH3 is 1. The predicted molar refractivity (Wildman–Crippen MR) is 104 cm³/mol. The van der Waals surface area contributed by atoms with Gasteiger partial charge in [0.05, 0.1) is 35.9 Å². The molecule has 0 saturated carbocycles. The molecule has 0 aliphatic carbocycles. The number of rotatable bonds is 4. The fourth-order valence-corrected chi connectivity index (χ4v) is 4.94. The molecule has 2 heterocycles. The van der Waals surface area contributed by atoms with E-state index in [0.717, 1.165) is 4.57 Å². The summed E-state index contributed by atoms with van der Waals surface area (Å²) in [4.78, 5) is 17.0. The van der Waals surface area contributed by atoms with Crippen LogP contribution in [0.2, 0.25) is 0 Å². The molecule has 0 bridgehead atoms. The van der Waals surface area contributed by atoms with Gasteiger partial charge in [-0.1, -0.05) is 6.07 Å². The molecule has 3 rings (SSSR count). The summed E-state index contributed by atoms with van der Waals surface area (Å²) in [6, 6.07) is 8.08. The van der Waals surface area contributed by atoms with Crippen molar-refractivity contribution in [1.29, 1.82) is 5.26 Å². The summed E-state index contributed by atoms with van der Waals surface area (Å²) in [5, 5.41) is 20.1. The second kappa shape index (κ2) is 7.48. The lowest BCUT2D eigenvalue weighted by Crippen LogP contribution is -2.29. The molecular weight excluding hydrogens is 382 g/mol. The van der Waals surface area contributed by atoms with Gasteiger partial charge < -0.3 is 9.84 Å². The highest BCUT2D eigenvalue weighted by molar-refractivity contribution is 7.91. The number of aromatic nitrogens is 1. The molecule has 1 atom stereocenters. The minimum atomic E-state index is -3.28. The van der Waals surface area contributed by atoms with Crippen LogP contribution in [0.4, 0.5) is 5.69 Å². The number of sulfone groups is 1. The number of nitrogens with zero attached hydrogens (tertiary/aromatic N) is 3. The molecule has 8 nitrogen and oxygen atoms in total. The summed E-state index contributed by atoms with van der Waals surface area (Å²) in [5.74, 6) is -0.0994. The van der Waals surface area contributed by atoms with E-state index < -0.39 is 27.3 Å². The van der Waals surface area contributed by atoms with Gasteiger partial charge in [-0.2, -0.15) is 5.26 Å². The van der Waals surface area contributed by atoms with Gasteiger partial charge in [0.2, 0.25) is 5.88 Å². The minimum Gasteiger partial charge on any atom is -0.497 e. The molecule has 1 unspecified atom stereocenters. The molecule has 1 aliphatic rings. The third-order valence-corrected chi connectivity index (χ3v) is 6.51. The fourth-order valence-electron chi connectivity index (χ4n) is 3.24. The number of aliphatic imine (C=N–C) groups is 1.